The first-order valence-corrected chi connectivity index (χ1v) is 6.62. The average Bonchev–Trinajstić information content (AvgIpc) is 2.41. The van der Waals surface area contributed by atoms with Crippen LogP contribution in [0.25, 0.3) is 0 Å². The molecule has 1 amide bonds. The van der Waals surface area contributed by atoms with Gasteiger partial charge in [-0.15, -0.1) is 0 Å². The number of aliphatic hydroxyl groups is 1. The van der Waals surface area contributed by atoms with E-state index in [9.17, 15) is 18.7 Å². The number of carbonyl (C=O) groups excluding carboxylic acids is 1. The fourth-order valence-corrected chi connectivity index (χ4v) is 1.76. The van der Waals surface area contributed by atoms with Crippen molar-refractivity contribution in [2.45, 2.75) is 32.8 Å². The van der Waals surface area contributed by atoms with Gasteiger partial charge < -0.3 is 14.7 Å². The van der Waals surface area contributed by atoms with Crippen LogP contribution in [0, 0.1) is 0 Å². The minimum Gasteiger partial charge on any atom is -0.485 e. The smallest absolute Gasteiger partial charge is 0.276 e. The van der Waals surface area contributed by atoms with Crippen LogP contribution < -0.4 is 4.74 Å². The number of nitrogens with zero attached hydrogens (tertiary/aromatic N) is 2. The first kappa shape index (κ1) is 17.3. The number of alkyl halides is 2. The minimum atomic E-state index is -2.63. The van der Waals surface area contributed by atoms with Crippen LogP contribution in [0.4, 0.5) is 8.78 Å². The number of aromatic nitrogens is 1. The number of halogens is 2. The minimum absolute atomic E-state index is 0.0111. The molecule has 118 valence electrons. The molecule has 1 aromatic heterocycles. The van der Waals surface area contributed by atoms with E-state index >= 15 is 0 Å². The Labute approximate surface area is 122 Å². The molecule has 0 radical (unpaired) electrons. The standard InChI is InChI=1S/C14H20F2N2O3/c1-4-18(9-14(2,3)20)13(19)12-10(6-5-7-17-12)21-8-11(15)16/h5-7,11,20H,4,8-9H2,1-3H3. The van der Waals surface area contributed by atoms with Crippen molar-refractivity contribution >= 4 is 5.91 Å². The highest BCUT2D eigenvalue weighted by molar-refractivity contribution is 5.95. The Morgan fingerprint density at radius 2 is 2.19 bits per heavy atom. The molecule has 21 heavy (non-hydrogen) atoms. The summed E-state index contributed by atoms with van der Waals surface area (Å²) in [7, 11) is 0. The number of hydrogen-bond acceptors (Lipinski definition) is 4. The van der Waals surface area contributed by atoms with Gasteiger partial charge in [0, 0.05) is 19.3 Å². The molecule has 0 aliphatic carbocycles. The quantitative estimate of drug-likeness (QED) is 0.836. The lowest BCUT2D eigenvalue weighted by atomic mass is 10.1. The molecule has 0 bridgehead atoms. The Kier molecular flexibility index (Phi) is 6.02. The van der Waals surface area contributed by atoms with Gasteiger partial charge in [0.1, 0.15) is 6.61 Å². The van der Waals surface area contributed by atoms with Crippen molar-refractivity contribution in [3.8, 4) is 5.75 Å². The number of pyridine rings is 1. The Morgan fingerprint density at radius 1 is 1.52 bits per heavy atom. The maximum Gasteiger partial charge on any atom is 0.276 e. The normalized spacial score (nSPS) is 11.6. The van der Waals surface area contributed by atoms with Gasteiger partial charge in [-0.2, -0.15) is 0 Å². The number of hydrogen-bond donors (Lipinski definition) is 1. The SMILES string of the molecule is CCN(CC(C)(C)O)C(=O)c1ncccc1OCC(F)F. The summed E-state index contributed by atoms with van der Waals surface area (Å²) >= 11 is 0. The van der Waals surface area contributed by atoms with Crippen molar-refractivity contribution in [3.63, 3.8) is 0 Å². The van der Waals surface area contributed by atoms with Crippen LogP contribution in [0.5, 0.6) is 5.75 Å². The molecule has 1 heterocycles. The fraction of sp³-hybridized carbons (Fsp3) is 0.571. The van der Waals surface area contributed by atoms with Gasteiger partial charge in [-0.1, -0.05) is 0 Å². The van der Waals surface area contributed by atoms with Crippen LogP contribution in [-0.4, -0.2) is 52.6 Å². The third-order valence-corrected chi connectivity index (χ3v) is 2.58. The van der Waals surface area contributed by atoms with Crippen molar-refractivity contribution in [3.05, 3.63) is 24.0 Å². The van der Waals surface area contributed by atoms with E-state index in [1.165, 1.54) is 23.2 Å². The topological polar surface area (TPSA) is 62.7 Å². The molecule has 0 unspecified atom stereocenters. The summed E-state index contributed by atoms with van der Waals surface area (Å²) < 4.78 is 29.4. The third-order valence-electron chi connectivity index (χ3n) is 2.58. The van der Waals surface area contributed by atoms with Crippen molar-refractivity contribution < 1.29 is 23.4 Å². The maximum absolute atomic E-state index is 12.4. The van der Waals surface area contributed by atoms with Gasteiger partial charge >= 0.3 is 0 Å². The molecule has 0 fully saturated rings. The van der Waals surface area contributed by atoms with Crippen molar-refractivity contribution in [1.29, 1.82) is 0 Å². The van der Waals surface area contributed by atoms with Crippen LogP contribution in [-0.2, 0) is 0 Å². The molecular formula is C14H20F2N2O3. The highest BCUT2D eigenvalue weighted by Crippen LogP contribution is 2.19. The zero-order valence-electron chi connectivity index (χ0n) is 12.3. The van der Waals surface area contributed by atoms with Crippen LogP contribution in [0.2, 0.25) is 0 Å². The van der Waals surface area contributed by atoms with Crippen molar-refractivity contribution in [2.24, 2.45) is 0 Å². The lowest BCUT2D eigenvalue weighted by Gasteiger charge is -2.28. The molecule has 0 aromatic carbocycles. The highest BCUT2D eigenvalue weighted by atomic mass is 19.3. The predicted molar refractivity (Wildman–Crippen MR) is 73.6 cm³/mol. The summed E-state index contributed by atoms with van der Waals surface area (Å²) in [5.41, 5.74) is -1.10. The van der Waals surface area contributed by atoms with E-state index in [1.54, 1.807) is 20.8 Å². The van der Waals surface area contributed by atoms with Gasteiger partial charge in [-0.05, 0) is 32.9 Å². The highest BCUT2D eigenvalue weighted by Gasteiger charge is 2.25. The molecule has 5 nitrogen and oxygen atoms in total. The Morgan fingerprint density at radius 3 is 2.71 bits per heavy atom. The molecule has 0 aliphatic rings. The average molecular weight is 302 g/mol. The first-order chi connectivity index (χ1) is 9.74. The predicted octanol–water partition coefficient (Wildman–Crippen LogP) is 1.96. The van der Waals surface area contributed by atoms with E-state index in [2.05, 4.69) is 4.98 Å². The molecule has 0 saturated heterocycles. The van der Waals surface area contributed by atoms with Gasteiger partial charge in [0.05, 0.1) is 5.60 Å². The zero-order valence-corrected chi connectivity index (χ0v) is 12.3. The number of rotatable bonds is 7. The molecule has 7 heteroatoms. The van der Waals surface area contributed by atoms with Crippen LogP contribution in [0.3, 0.4) is 0 Å². The second-order valence-corrected chi connectivity index (χ2v) is 5.18. The molecule has 1 N–H and O–H groups in total. The van der Waals surface area contributed by atoms with E-state index in [0.717, 1.165) is 0 Å². The lowest BCUT2D eigenvalue weighted by Crippen LogP contribution is -2.42. The first-order valence-electron chi connectivity index (χ1n) is 6.62. The third kappa shape index (κ3) is 5.63. The van der Waals surface area contributed by atoms with E-state index in [-0.39, 0.29) is 18.0 Å². The summed E-state index contributed by atoms with van der Waals surface area (Å²) in [5.74, 6) is -0.457. The zero-order chi connectivity index (χ0) is 16.0. The van der Waals surface area contributed by atoms with E-state index in [0.29, 0.717) is 6.54 Å². The van der Waals surface area contributed by atoms with E-state index in [1.807, 2.05) is 0 Å². The summed E-state index contributed by atoms with van der Waals surface area (Å²) in [6, 6.07) is 2.92. The molecule has 0 spiro atoms. The molecular weight excluding hydrogens is 282 g/mol. The van der Waals surface area contributed by atoms with Crippen molar-refractivity contribution in [1.82, 2.24) is 9.88 Å². The largest absolute Gasteiger partial charge is 0.485 e. The van der Waals surface area contributed by atoms with Crippen LogP contribution in [0.1, 0.15) is 31.3 Å². The van der Waals surface area contributed by atoms with Gasteiger partial charge in [0.2, 0.25) is 0 Å². The Bertz CT molecular complexity index is 476. The molecule has 0 saturated carbocycles. The number of amides is 1. The summed E-state index contributed by atoms with van der Waals surface area (Å²) in [6.45, 7) is 4.57. The summed E-state index contributed by atoms with van der Waals surface area (Å²) in [5, 5.41) is 9.82. The Balaban J connectivity index is 2.94. The summed E-state index contributed by atoms with van der Waals surface area (Å²) in [4.78, 5) is 17.7. The molecule has 0 atom stereocenters. The van der Waals surface area contributed by atoms with Crippen molar-refractivity contribution in [2.75, 3.05) is 19.7 Å². The van der Waals surface area contributed by atoms with E-state index in [4.69, 9.17) is 4.74 Å². The summed E-state index contributed by atoms with van der Waals surface area (Å²) in [6.07, 6.45) is -1.24. The molecule has 0 aliphatic heterocycles. The van der Waals surface area contributed by atoms with Gasteiger partial charge in [0.15, 0.2) is 11.4 Å². The Hall–Kier alpha value is -1.76. The van der Waals surface area contributed by atoms with Crippen LogP contribution >= 0.6 is 0 Å². The maximum atomic E-state index is 12.4. The molecule has 1 aromatic rings. The fourth-order valence-electron chi connectivity index (χ4n) is 1.76. The number of likely N-dealkylation sites (N-methyl/N-ethyl adjacent to an activating group) is 1. The lowest BCUT2D eigenvalue weighted by molar-refractivity contribution is 0.0306. The van der Waals surface area contributed by atoms with Gasteiger partial charge in [-0.3, -0.25) is 4.79 Å². The number of carbonyl (C=O) groups is 1. The van der Waals surface area contributed by atoms with Gasteiger partial charge in [-0.25, -0.2) is 13.8 Å². The van der Waals surface area contributed by atoms with Gasteiger partial charge in [0.25, 0.3) is 12.3 Å². The number of ether oxygens (including phenoxy) is 1. The second-order valence-electron chi connectivity index (χ2n) is 5.18. The molecule has 1 rings (SSSR count). The van der Waals surface area contributed by atoms with E-state index < -0.39 is 24.5 Å². The van der Waals surface area contributed by atoms with Crippen LogP contribution in [0.15, 0.2) is 18.3 Å². The monoisotopic (exact) mass is 302 g/mol. The second kappa shape index (κ2) is 7.31.